The Morgan fingerprint density at radius 3 is 2.76 bits per heavy atom. The minimum atomic E-state index is -0.413. The lowest BCUT2D eigenvalue weighted by Crippen LogP contribution is -2.23. The number of rotatable bonds is 5. The van der Waals surface area contributed by atoms with E-state index in [9.17, 15) is 9.59 Å². The number of carbonyl (C=O) groups excluding carboxylic acids is 2. The number of ether oxygens (including phenoxy) is 1. The second-order valence-corrected chi connectivity index (χ2v) is 4.70. The minimum Gasteiger partial charge on any atom is -0.462 e. The summed E-state index contributed by atoms with van der Waals surface area (Å²) in [6.45, 7) is 1.01. The fraction of sp³-hybridized carbons (Fsp3) is 0.294. The van der Waals surface area contributed by atoms with Crippen molar-refractivity contribution in [2.24, 2.45) is 0 Å². The Bertz CT molecular complexity index is 581. The molecule has 0 saturated carbocycles. The molecule has 4 heteroatoms. The third-order valence-corrected chi connectivity index (χ3v) is 3.18. The van der Waals surface area contributed by atoms with Crippen LogP contribution >= 0.6 is 0 Å². The average Bonchev–Trinajstić information content (AvgIpc) is 2.92. The number of carbonyl (C=O) groups is 2. The molecular formula is C17H17NO3. The third kappa shape index (κ3) is 4.22. The van der Waals surface area contributed by atoms with Gasteiger partial charge < -0.3 is 9.64 Å². The lowest BCUT2D eigenvalue weighted by molar-refractivity contribution is -0.137. The van der Waals surface area contributed by atoms with Crippen molar-refractivity contribution in [2.75, 3.05) is 18.1 Å². The average molecular weight is 283 g/mol. The summed E-state index contributed by atoms with van der Waals surface area (Å²) in [5.74, 6) is 2.15. The van der Waals surface area contributed by atoms with E-state index in [-0.39, 0.29) is 12.5 Å². The first-order chi connectivity index (χ1) is 10.2. The fourth-order valence-electron chi connectivity index (χ4n) is 2.11. The maximum Gasteiger partial charge on any atom is 0.330 e. The van der Waals surface area contributed by atoms with E-state index in [1.54, 1.807) is 11.0 Å². The van der Waals surface area contributed by atoms with Gasteiger partial charge in [-0.15, -0.1) is 12.3 Å². The quantitative estimate of drug-likeness (QED) is 0.361. The van der Waals surface area contributed by atoms with E-state index in [1.165, 1.54) is 6.08 Å². The fourth-order valence-corrected chi connectivity index (χ4v) is 2.11. The highest BCUT2D eigenvalue weighted by Gasteiger charge is 2.21. The van der Waals surface area contributed by atoms with Gasteiger partial charge in [0, 0.05) is 31.1 Å². The predicted molar refractivity (Wildman–Crippen MR) is 81.5 cm³/mol. The van der Waals surface area contributed by atoms with Gasteiger partial charge in [0.05, 0.1) is 0 Å². The Morgan fingerprint density at radius 1 is 1.38 bits per heavy atom. The van der Waals surface area contributed by atoms with Gasteiger partial charge in [-0.25, -0.2) is 4.79 Å². The van der Waals surface area contributed by atoms with Crippen LogP contribution in [0.1, 0.15) is 24.8 Å². The van der Waals surface area contributed by atoms with Crippen LogP contribution in [0.5, 0.6) is 0 Å². The summed E-state index contributed by atoms with van der Waals surface area (Å²) < 4.78 is 4.90. The van der Waals surface area contributed by atoms with E-state index < -0.39 is 5.97 Å². The van der Waals surface area contributed by atoms with Gasteiger partial charge in [0.2, 0.25) is 5.91 Å². The van der Waals surface area contributed by atoms with Crippen molar-refractivity contribution in [3.05, 3.63) is 35.9 Å². The monoisotopic (exact) mass is 283 g/mol. The predicted octanol–water partition coefficient (Wildman–Crippen LogP) is 2.39. The topological polar surface area (TPSA) is 46.6 Å². The van der Waals surface area contributed by atoms with E-state index in [4.69, 9.17) is 11.2 Å². The van der Waals surface area contributed by atoms with Gasteiger partial charge in [0.15, 0.2) is 0 Å². The Kier molecular flexibility index (Phi) is 5.16. The van der Waals surface area contributed by atoms with Gasteiger partial charge in [-0.2, -0.15) is 0 Å². The molecule has 1 saturated heterocycles. The molecule has 108 valence electrons. The smallest absolute Gasteiger partial charge is 0.330 e. The molecule has 0 aromatic heterocycles. The van der Waals surface area contributed by atoms with Crippen molar-refractivity contribution in [3.63, 3.8) is 0 Å². The Balaban J connectivity index is 1.92. The molecule has 1 amide bonds. The SMILES string of the molecule is C#CCCOC(=O)/C=C/c1ccc(N2CCCC2=O)cc1. The summed E-state index contributed by atoms with van der Waals surface area (Å²) in [5.41, 5.74) is 1.77. The van der Waals surface area contributed by atoms with Crippen LogP contribution in [-0.4, -0.2) is 25.0 Å². The van der Waals surface area contributed by atoms with E-state index in [2.05, 4.69) is 5.92 Å². The Hall–Kier alpha value is -2.54. The van der Waals surface area contributed by atoms with Gasteiger partial charge in [-0.05, 0) is 30.2 Å². The zero-order valence-corrected chi connectivity index (χ0v) is 11.7. The molecule has 0 atom stereocenters. The van der Waals surface area contributed by atoms with Gasteiger partial charge in [-0.1, -0.05) is 12.1 Å². The lowest BCUT2D eigenvalue weighted by atomic mass is 10.2. The van der Waals surface area contributed by atoms with Gasteiger partial charge in [0.25, 0.3) is 0 Å². The van der Waals surface area contributed by atoms with E-state index >= 15 is 0 Å². The third-order valence-electron chi connectivity index (χ3n) is 3.18. The molecular weight excluding hydrogens is 266 g/mol. The van der Waals surface area contributed by atoms with Crippen molar-refractivity contribution in [2.45, 2.75) is 19.3 Å². The Morgan fingerprint density at radius 2 is 2.14 bits per heavy atom. The van der Waals surface area contributed by atoms with Crippen LogP contribution in [0.4, 0.5) is 5.69 Å². The molecule has 0 spiro atoms. The van der Waals surface area contributed by atoms with Crippen LogP contribution < -0.4 is 4.90 Å². The van der Waals surface area contributed by atoms with Crippen molar-refractivity contribution in [3.8, 4) is 12.3 Å². The van der Waals surface area contributed by atoms with Crippen molar-refractivity contribution in [1.29, 1.82) is 0 Å². The van der Waals surface area contributed by atoms with E-state index in [0.717, 1.165) is 24.2 Å². The molecule has 1 heterocycles. The van der Waals surface area contributed by atoms with Crippen molar-refractivity contribution >= 4 is 23.6 Å². The van der Waals surface area contributed by atoms with Crippen LogP contribution in [-0.2, 0) is 14.3 Å². The molecule has 21 heavy (non-hydrogen) atoms. The van der Waals surface area contributed by atoms with Crippen LogP contribution in [0.15, 0.2) is 30.3 Å². The van der Waals surface area contributed by atoms with Crippen LogP contribution in [0.3, 0.4) is 0 Å². The number of hydrogen-bond donors (Lipinski definition) is 0. The highest BCUT2D eigenvalue weighted by molar-refractivity contribution is 5.95. The zero-order chi connectivity index (χ0) is 15.1. The maximum absolute atomic E-state index is 11.6. The molecule has 1 aliphatic heterocycles. The van der Waals surface area contributed by atoms with E-state index in [0.29, 0.717) is 12.8 Å². The largest absolute Gasteiger partial charge is 0.462 e. The zero-order valence-electron chi connectivity index (χ0n) is 11.7. The number of anilines is 1. The first kappa shape index (κ1) is 14.9. The summed E-state index contributed by atoms with van der Waals surface area (Å²) >= 11 is 0. The summed E-state index contributed by atoms with van der Waals surface area (Å²) in [6, 6.07) is 7.50. The molecule has 0 unspecified atom stereocenters. The highest BCUT2D eigenvalue weighted by atomic mass is 16.5. The van der Waals surface area contributed by atoms with Crippen LogP contribution in [0, 0.1) is 12.3 Å². The normalized spacial score (nSPS) is 14.4. The molecule has 1 aromatic rings. The van der Waals surface area contributed by atoms with Crippen LogP contribution in [0.2, 0.25) is 0 Å². The Labute approximate surface area is 124 Å². The number of amides is 1. The summed E-state index contributed by atoms with van der Waals surface area (Å²) in [7, 11) is 0. The first-order valence-electron chi connectivity index (χ1n) is 6.89. The maximum atomic E-state index is 11.6. The minimum absolute atomic E-state index is 0.162. The molecule has 0 N–H and O–H groups in total. The summed E-state index contributed by atoms with van der Waals surface area (Å²) in [4.78, 5) is 24.8. The molecule has 1 aliphatic rings. The standard InChI is InChI=1S/C17H17NO3/c1-2-3-13-21-17(20)11-8-14-6-9-15(10-7-14)18-12-4-5-16(18)19/h1,6-11H,3-5,12-13H2/b11-8+. The van der Waals surface area contributed by atoms with Crippen LogP contribution in [0.25, 0.3) is 6.08 Å². The second kappa shape index (κ2) is 7.30. The summed E-state index contributed by atoms with van der Waals surface area (Å²) in [6.07, 6.45) is 10.0. The lowest BCUT2D eigenvalue weighted by Gasteiger charge is -2.15. The van der Waals surface area contributed by atoms with Gasteiger partial charge in [0.1, 0.15) is 6.61 Å². The van der Waals surface area contributed by atoms with E-state index in [1.807, 2.05) is 24.3 Å². The molecule has 4 nitrogen and oxygen atoms in total. The molecule has 1 fully saturated rings. The molecule has 0 radical (unpaired) electrons. The number of hydrogen-bond acceptors (Lipinski definition) is 3. The number of benzene rings is 1. The first-order valence-corrected chi connectivity index (χ1v) is 6.89. The second-order valence-electron chi connectivity index (χ2n) is 4.70. The number of terminal acetylenes is 1. The van der Waals surface area contributed by atoms with Gasteiger partial charge >= 0.3 is 5.97 Å². The molecule has 1 aromatic carbocycles. The number of esters is 1. The molecule has 0 bridgehead atoms. The van der Waals surface area contributed by atoms with Gasteiger partial charge in [-0.3, -0.25) is 4.79 Å². The van der Waals surface area contributed by atoms with Crippen molar-refractivity contribution < 1.29 is 14.3 Å². The molecule has 0 aliphatic carbocycles. The number of nitrogens with zero attached hydrogens (tertiary/aromatic N) is 1. The highest BCUT2D eigenvalue weighted by Crippen LogP contribution is 2.21. The summed E-state index contributed by atoms with van der Waals surface area (Å²) in [5, 5.41) is 0. The van der Waals surface area contributed by atoms with Crippen molar-refractivity contribution in [1.82, 2.24) is 0 Å². The molecule has 2 rings (SSSR count).